The van der Waals surface area contributed by atoms with Gasteiger partial charge in [0, 0.05) is 0 Å². The molecule has 0 aliphatic heterocycles. The van der Waals surface area contributed by atoms with Gasteiger partial charge in [-0.3, -0.25) is 4.79 Å². The summed E-state index contributed by atoms with van der Waals surface area (Å²) in [5.41, 5.74) is 0. The highest BCUT2D eigenvalue weighted by molar-refractivity contribution is 8.04. The predicted octanol–water partition coefficient (Wildman–Crippen LogP) is 7.29. The van der Waals surface area contributed by atoms with Gasteiger partial charge in [0.25, 0.3) is 0 Å². The first-order chi connectivity index (χ1) is 10.7. The van der Waals surface area contributed by atoms with E-state index in [-0.39, 0.29) is 5.12 Å². The molecule has 1 nitrogen and oxygen atoms in total. The lowest BCUT2D eigenvalue weighted by Gasteiger charge is -2.02. The van der Waals surface area contributed by atoms with Crippen molar-refractivity contribution in [3.63, 3.8) is 0 Å². The number of carbonyl (C=O) groups excluding carboxylic acids is 1. The Labute approximate surface area is 150 Å². The predicted molar refractivity (Wildman–Crippen MR) is 108 cm³/mol. The fourth-order valence-corrected chi connectivity index (χ4v) is 3.21. The van der Waals surface area contributed by atoms with Gasteiger partial charge in [-0.05, 0) is 12.2 Å². The van der Waals surface area contributed by atoms with Gasteiger partial charge in [-0.2, -0.15) is 11.8 Å². The van der Waals surface area contributed by atoms with Crippen molar-refractivity contribution in [3.8, 4) is 0 Å². The number of carbonyl (C=O) groups is 1. The number of thioether (sulfide) groups is 1. The van der Waals surface area contributed by atoms with E-state index in [2.05, 4.69) is 33.4 Å². The summed E-state index contributed by atoms with van der Waals surface area (Å²) in [7, 11) is 0. The minimum absolute atomic E-state index is 0.00365. The average molecular weight is 349 g/mol. The Morgan fingerprint density at radius 2 is 1.09 bits per heavy atom. The summed E-state index contributed by atoms with van der Waals surface area (Å²) in [6.07, 6.45) is 17.9. The van der Waals surface area contributed by atoms with E-state index >= 15 is 0 Å². The molecule has 0 aromatic heterocycles. The molecule has 0 bridgehead atoms. The molecule has 0 rings (SSSR count). The van der Waals surface area contributed by atoms with Gasteiger partial charge in [0.05, 0.1) is 5.75 Å². The van der Waals surface area contributed by atoms with Crippen molar-refractivity contribution < 1.29 is 4.79 Å². The molecule has 0 aromatic rings. The van der Waals surface area contributed by atoms with Crippen LogP contribution in [0.5, 0.6) is 0 Å². The van der Waals surface area contributed by atoms with Crippen LogP contribution in [-0.4, -0.2) is 16.6 Å². The van der Waals surface area contributed by atoms with E-state index in [1.165, 1.54) is 83.5 Å². The molecule has 0 spiro atoms. The maximum Gasteiger partial charge on any atom is 0.195 e. The first-order valence-corrected chi connectivity index (χ1v) is 11.1. The van der Waals surface area contributed by atoms with Crippen LogP contribution in [0.4, 0.5) is 0 Å². The van der Waals surface area contributed by atoms with E-state index < -0.39 is 0 Å². The molecule has 0 aliphatic rings. The fourth-order valence-electron chi connectivity index (χ4n) is 2.20. The standard InChI is InChI=1S/C16H32OS2.C3H8/c1-2-3-4-5-6-7-8-9-10-11-12-13-14-19-15-16(17)18;1-3-2/h2-15H2,1H3,(H,17,18);3H2,1-2H3. The summed E-state index contributed by atoms with van der Waals surface area (Å²) in [6, 6.07) is 0. The van der Waals surface area contributed by atoms with Gasteiger partial charge in [0.2, 0.25) is 0 Å². The normalized spacial score (nSPS) is 10.2. The zero-order valence-corrected chi connectivity index (χ0v) is 17.1. The van der Waals surface area contributed by atoms with Crippen LogP contribution in [0.1, 0.15) is 104 Å². The van der Waals surface area contributed by atoms with Crippen LogP contribution in [0.15, 0.2) is 0 Å². The topological polar surface area (TPSA) is 17.1 Å². The summed E-state index contributed by atoms with van der Waals surface area (Å²) in [4.78, 5) is 10.6. The molecule has 0 heterocycles. The molecule has 0 unspecified atom stereocenters. The lowest BCUT2D eigenvalue weighted by Crippen LogP contribution is -1.91. The summed E-state index contributed by atoms with van der Waals surface area (Å²) in [5.74, 6) is 1.69. The first-order valence-electron chi connectivity index (χ1n) is 9.48. The molecule has 3 heteroatoms. The molecular weight excluding hydrogens is 308 g/mol. The summed E-state index contributed by atoms with van der Waals surface area (Å²) < 4.78 is 0. The van der Waals surface area contributed by atoms with Crippen molar-refractivity contribution in [1.29, 1.82) is 0 Å². The smallest absolute Gasteiger partial charge is 0.195 e. The molecule has 0 atom stereocenters. The number of thiol groups is 1. The van der Waals surface area contributed by atoms with Gasteiger partial charge in [0.1, 0.15) is 0 Å². The third-order valence-corrected chi connectivity index (χ3v) is 4.78. The molecule has 0 aliphatic carbocycles. The molecule has 0 amide bonds. The zero-order valence-electron chi connectivity index (χ0n) is 15.4. The van der Waals surface area contributed by atoms with E-state index in [4.69, 9.17) is 0 Å². The fraction of sp³-hybridized carbons (Fsp3) is 0.947. The molecule has 0 fully saturated rings. The summed E-state index contributed by atoms with van der Waals surface area (Å²) in [6.45, 7) is 6.52. The van der Waals surface area contributed by atoms with E-state index in [1.807, 2.05) is 0 Å². The van der Waals surface area contributed by atoms with Gasteiger partial charge in [-0.1, -0.05) is 97.8 Å². The first kappa shape index (κ1) is 24.6. The molecular formula is C19H40OS2. The van der Waals surface area contributed by atoms with E-state index in [0.29, 0.717) is 5.75 Å². The van der Waals surface area contributed by atoms with Gasteiger partial charge < -0.3 is 0 Å². The van der Waals surface area contributed by atoms with Gasteiger partial charge in [-0.15, -0.1) is 12.6 Å². The highest BCUT2D eigenvalue weighted by Crippen LogP contribution is 2.13. The number of hydrogen-bond acceptors (Lipinski definition) is 2. The lowest BCUT2D eigenvalue weighted by atomic mass is 10.1. The van der Waals surface area contributed by atoms with Gasteiger partial charge in [0.15, 0.2) is 5.12 Å². The van der Waals surface area contributed by atoms with Crippen molar-refractivity contribution in [1.82, 2.24) is 0 Å². The SMILES string of the molecule is CCC.CCCCCCCCCCCCCCSCC(=O)S. The Kier molecular flexibility index (Phi) is 26.4. The average Bonchev–Trinajstić information content (AvgIpc) is 2.48. The third kappa shape index (κ3) is 28.5. The largest absolute Gasteiger partial charge is 0.287 e. The second kappa shape index (κ2) is 23.6. The van der Waals surface area contributed by atoms with Crippen LogP contribution in [-0.2, 0) is 4.79 Å². The second-order valence-corrected chi connectivity index (χ2v) is 7.65. The molecule has 0 saturated carbocycles. The Morgan fingerprint density at radius 1 is 0.727 bits per heavy atom. The number of rotatable bonds is 15. The Hall–Kier alpha value is 0.370. The van der Waals surface area contributed by atoms with Crippen LogP contribution in [0.2, 0.25) is 0 Å². The molecule has 134 valence electrons. The van der Waals surface area contributed by atoms with Crippen molar-refractivity contribution in [3.05, 3.63) is 0 Å². The molecule has 0 aromatic carbocycles. The lowest BCUT2D eigenvalue weighted by molar-refractivity contribution is -0.108. The molecule has 0 N–H and O–H groups in total. The number of unbranched alkanes of at least 4 members (excludes halogenated alkanes) is 11. The van der Waals surface area contributed by atoms with Crippen LogP contribution >= 0.6 is 24.4 Å². The van der Waals surface area contributed by atoms with Crippen molar-refractivity contribution in [2.75, 3.05) is 11.5 Å². The quantitative estimate of drug-likeness (QED) is 0.247. The Bertz CT molecular complexity index is 208. The minimum Gasteiger partial charge on any atom is -0.287 e. The van der Waals surface area contributed by atoms with Crippen molar-refractivity contribution in [2.24, 2.45) is 0 Å². The maximum absolute atomic E-state index is 10.6. The second-order valence-electron chi connectivity index (χ2n) is 6.04. The molecule has 0 saturated heterocycles. The van der Waals surface area contributed by atoms with Crippen LogP contribution < -0.4 is 0 Å². The van der Waals surface area contributed by atoms with E-state index in [0.717, 1.165) is 5.75 Å². The van der Waals surface area contributed by atoms with Crippen LogP contribution in [0, 0.1) is 0 Å². The highest BCUT2D eigenvalue weighted by Gasteiger charge is 1.96. The third-order valence-electron chi connectivity index (χ3n) is 3.37. The maximum atomic E-state index is 10.6. The van der Waals surface area contributed by atoms with Gasteiger partial charge in [-0.25, -0.2) is 0 Å². The van der Waals surface area contributed by atoms with Crippen LogP contribution in [0.25, 0.3) is 0 Å². The number of hydrogen-bond donors (Lipinski definition) is 1. The van der Waals surface area contributed by atoms with E-state index in [9.17, 15) is 4.79 Å². The monoisotopic (exact) mass is 348 g/mol. The summed E-state index contributed by atoms with van der Waals surface area (Å²) >= 11 is 5.47. The molecule has 22 heavy (non-hydrogen) atoms. The van der Waals surface area contributed by atoms with Crippen molar-refractivity contribution >= 4 is 29.5 Å². The summed E-state index contributed by atoms with van der Waals surface area (Å²) in [5, 5.41) is 0.00365. The highest BCUT2D eigenvalue weighted by atomic mass is 32.2. The minimum atomic E-state index is 0.00365. The van der Waals surface area contributed by atoms with Crippen molar-refractivity contribution in [2.45, 2.75) is 104 Å². The Morgan fingerprint density at radius 3 is 1.45 bits per heavy atom. The Balaban J connectivity index is 0. The van der Waals surface area contributed by atoms with Crippen LogP contribution in [0.3, 0.4) is 0 Å². The van der Waals surface area contributed by atoms with Gasteiger partial charge >= 0.3 is 0 Å². The van der Waals surface area contributed by atoms with E-state index in [1.54, 1.807) is 11.8 Å². The molecule has 0 radical (unpaired) electrons. The zero-order chi connectivity index (χ0) is 16.9.